The molecule has 14 aromatic rings. The highest BCUT2D eigenvalue weighted by Gasteiger charge is 2.25. The van der Waals surface area contributed by atoms with Gasteiger partial charge in [0.2, 0.25) is 27.7 Å². The number of hydrazine groups is 1. The van der Waals surface area contributed by atoms with Gasteiger partial charge in [-0.25, -0.2) is 36.2 Å². The molecule has 0 saturated carbocycles. The van der Waals surface area contributed by atoms with Crippen LogP contribution in [-0.2, 0) is 23.7 Å². The largest absolute Gasteiger partial charge is 0.378 e. The summed E-state index contributed by atoms with van der Waals surface area (Å²) in [4.78, 5) is 76.0. The summed E-state index contributed by atoms with van der Waals surface area (Å²) in [5.74, 6) is 11.0. The molecule has 4 N–H and O–H groups in total. The maximum absolute atomic E-state index is 6.11. The minimum absolute atomic E-state index is 0.289. The number of pyridine rings is 3. The number of nitrogens with one attached hydrogen (secondary N) is 2. The molecule has 27 nitrogen and oxygen atoms in total. The molecular weight excluding hydrogens is 1660 g/mol. The van der Waals surface area contributed by atoms with Gasteiger partial charge in [-0.3, -0.25) is 20.4 Å². The Hall–Kier alpha value is -8.50. The number of nitrogens with zero attached hydrogens (tertiary/aromatic N) is 19. The highest BCUT2D eigenvalue weighted by Crippen LogP contribution is 2.41. The Morgan fingerprint density at radius 3 is 1.18 bits per heavy atom. The first-order valence-corrected chi connectivity index (χ1v) is 41.2. The van der Waals surface area contributed by atoms with Crippen LogP contribution >= 0.6 is 114 Å². The second kappa shape index (κ2) is 36.6. The smallest absolute Gasteiger partial charge is 0.246 e. The lowest BCUT2D eigenvalue weighted by atomic mass is 10.2. The van der Waals surface area contributed by atoms with Gasteiger partial charge in [0.1, 0.15) is 53.2 Å². The zero-order valence-corrected chi connectivity index (χ0v) is 67.1. The number of benzene rings is 1. The van der Waals surface area contributed by atoms with Crippen LogP contribution in [0.15, 0.2) is 139 Å². The van der Waals surface area contributed by atoms with E-state index in [2.05, 4.69) is 161 Å². The Kier molecular flexibility index (Phi) is 25.5. The third-order valence-electron chi connectivity index (χ3n) is 17.7. The van der Waals surface area contributed by atoms with Gasteiger partial charge in [-0.1, -0.05) is 29.8 Å². The molecule has 5 aliphatic rings. The Labute approximate surface area is 674 Å². The Balaban J connectivity index is 0.000000111. The molecule has 5 saturated heterocycles. The monoisotopic (exact) mass is 1730 g/mol. The number of halogens is 4. The van der Waals surface area contributed by atoms with Crippen LogP contribution in [-0.4, -0.2) is 203 Å². The number of hydrazone groups is 1. The van der Waals surface area contributed by atoms with Crippen molar-refractivity contribution in [1.82, 2.24) is 64.8 Å². The van der Waals surface area contributed by atoms with Crippen LogP contribution in [0.4, 0.5) is 41.0 Å². The van der Waals surface area contributed by atoms with E-state index in [0.717, 1.165) is 209 Å². The molecule has 560 valence electrons. The Morgan fingerprint density at radius 1 is 0.413 bits per heavy atom. The van der Waals surface area contributed by atoms with Crippen LogP contribution in [0, 0.1) is 9.81 Å². The van der Waals surface area contributed by atoms with Gasteiger partial charge in [0.25, 0.3) is 0 Å². The molecule has 36 heteroatoms. The number of nitrogen functional groups attached to an aromatic ring is 1. The van der Waals surface area contributed by atoms with Crippen molar-refractivity contribution >= 4 is 212 Å². The lowest BCUT2D eigenvalue weighted by Gasteiger charge is -2.28. The second-order valence-electron chi connectivity index (χ2n) is 24.7. The molecule has 0 spiro atoms. The van der Waals surface area contributed by atoms with E-state index in [0.29, 0.717) is 62.1 Å². The summed E-state index contributed by atoms with van der Waals surface area (Å²) >= 11 is 28.4. The van der Waals surface area contributed by atoms with Crippen LogP contribution < -0.4 is 41.2 Å². The van der Waals surface area contributed by atoms with E-state index in [1.165, 1.54) is 8.45 Å². The van der Waals surface area contributed by atoms with Crippen molar-refractivity contribution in [2.24, 2.45) is 10.9 Å². The summed E-state index contributed by atoms with van der Waals surface area (Å²) in [5, 5.41) is 12.6. The Morgan fingerprint density at radius 2 is 0.771 bits per heavy atom. The average molecular weight is 1730 g/mol. The fraction of sp³-hybridized carbons (Fsp3) is 0.288. The summed E-state index contributed by atoms with van der Waals surface area (Å²) in [6.07, 6.45) is 12.6. The van der Waals surface area contributed by atoms with Gasteiger partial charge < -0.3 is 48.2 Å². The quantitative estimate of drug-likeness (QED) is 0.0337. The fourth-order valence-corrected chi connectivity index (χ4v) is 18.6. The third kappa shape index (κ3) is 18.9. The lowest BCUT2D eigenvalue weighted by molar-refractivity contribution is 0.122. The number of anilines is 7. The number of aryl methyl sites for hydroxylation is 1. The fourth-order valence-electron chi connectivity index (χ4n) is 12.4. The first-order chi connectivity index (χ1) is 53.5. The SMILES string of the molecule is Cc1cccc(/C=N/Nc2nc(N3CCOCC3)c3cc(-c4ccncc4)sc3n2)c1.Clc1nc(N2CCOCC2)c2cc(-c3ccncc3)sc2n1.Clc1nc(N2CCOCC2)c2cc(I)sc2n1.Clc1nc(N2CCOCC2)c2ccsc2n1.NNc1nc(N2CCOCC2)c2cc(-c3ccncc3)sc2n1. The van der Waals surface area contributed by atoms with Crippen LogP contribution in [0.25, 0.3) is 82.4 Å². The number of rotatable bonds is 12. The normalized spacial score (nSPS) is 15.5. The number of hydrogen-bond donors (Lipinski definition) is 3. The number of fused-ring (bicyclic) bond motifs is 5. The summed E-state index contributed by atoms with van der Waals surface area (Å²) in [7, 11) is 0. The second-order valence-corrected chi connectivity index (χ2v) is 32.6. The van der Waals surface area contributed by atoms with Crippen molar-refractivity contribution < 1.29 is 23.7 Å². The van der Waals surface area contributed by atoms with E-state index in [9.17, 15) is 0 Å². The number of nitrogens with two attached hydrogens (primary N) is 1. The Bertz CT molecular complexity index is 5420. The maximum atomic E-state index is 6.11. The minimum Gasteiger partial charge on any atom is -0.378 e. The first-order valence-electron chi connectivity index (χ1n) is 34.8. The van der Waals surface area contributed by atoms with Crippen molar-refractivity contribution in [3.63, 3.8) is 0 Å². The molecule has 0 unspecified atom stereocenters. The third-order valence-corrected chi connectivity index (χ3v) is 24.0. The van der Waals surface area contributed by atoms with Crippen LogP contribution in [0.1, 0.15) is 11.1 Å². The van der Waals surface area contributed by atoms with Gasteiger partial charge >= 0.3 is 0 Å². The lowest BCUT2D eigenvalue weighted by Crippen LogP contribution is -2.37. The molecule has 19 rings (SSSR count). The topological polar surface area (TPSA) is 292 Å². The average Bonchev–Trinajstić information content (AvgIpc) is 1.71. The molecule has 1 aromatic carbocycles. The van der Waals surface area contributed by atoms with Gasteiger partial charge in [0, 0.05) is 117 Å². The van der Waals surface area contributed by atoms with Crippen LogP contribution in [0.3, 0.4) is 0 Å². The van der Waals surface area contributed by atoms with E-state index < -0.39 is 0 Å². The molecule has 5 fully saturated rings. The molecule has 0 radical (unpaired) electrons. The molecule has 5 aliphatic heterocycles. The molecule has 18 heterocycles. The molecule has 13 aromatic heterocycles. The molecule has 0 amide bonds. The summed E-state index contributed by atoms with van der Waals surface area (Å²) in [5.41, 5.74) is 11.2. The van der Waals surface area contributed by atoms with E-state index in [4.69, 9.17) is 74.3 Å². The standard InChI is InChI=1S/C23H22N6OS.C15H13ClN4OS.C15H16N6OS.C10H9ClIN3OS.C10H10ClN3OS/c1-16-3-2-4-17(13-16)15-25-28-23-26-21(29-9-11-30-12-10-29)19-14-20(31-22(19)27-23)18-5-7-24-8-6-18;16-15-18-13(20-5-7-21-8-6-20)11-9-12(22-14(11)19-15)10-1-3-17-4-2-10;16-20-15-18-13(21-5-7-22-8-6-21)11-9-12(23-14(11)19-15)10-1-3-17-4-2-10;11-10-13-8(15-1-3-16-4-2-15)6-5-7(12)17-9(6)14-10;11-10-12-8(14-2-4-15-5-3-14)7-1-6-16-9(7)13-10/h2-8,13-15H,9-12H2,1H3,(H,26,27,28);1-4,9H,5-8H2;1-4,9H,5-8,16H2,(H,18,19,20);5H,1-4H2;1,6H,2-5H2/b25-15+;;;;. The number of aromatic nitrogens is 13. The maximum Gasteiger partial charge on any atom is 0.246 e. The number of hydrogen-bond acceptors (Lipinski definition) is 32. The van der Waals surface area contributed by atoms with E-state index >= 15 is 0 Å². The molecular formula is C73H70Cl3IN22O5S5. The van der Waals surface area contributed by atoms with Crippen molar-refractivity contribution in [2.45, 2.75) is 6.92 Å². The highest BCUT2D eigenvalue weighted by atomic mass is 127. The summed E-state index contributed by atoms with van der Waals surface area (Å²) < 4.78 is 28.3. The van der Waals surface area contributed by atoms with Gasteiger partial charge in [-0.15, -0.1) is 56.7 Å². The summed E-state index contributed by atoms with van der Waals surface area (Å²) in [6.45, 7) is 17.6. The van der Waals surface area contributed by atoms with Gasteiger partial charge in [0.15, 0.2) is 0 Å². The van der Waals surface area contributed by atoms with Crippen molar-refractivity contribution in [3.8, 4) is 31.3 Å². The van der Waals surface area contributed by atoms with Crippen LogP contribution in [0.2, 0.25) is 15.9 Å². The van der Waals surface area contributed by atoms with Gasteiger partial charge in [0.05, 0.1) is 102 Å². The highest BCUT2D eigenvalue weighted by molar-refractivity contribution is 14.1. The van der Waals surface area contributed by atoms with Gasteiger partial charge in [-0.2, -0.15) is 30.0 Å². The van der Waals surface area contributed by atoms with Crippen molar-refractivity contribution in [2.75, 3.05) is 167 Å². The van der Waals surface area contributed by atoms with E-state index in [1.807, 2.05) is 60.0 Å². The van der Waals surface area contributed by atoms with Crippen molar-refractivity contribution in [3.05, 3.63) is 163 Å². The predicted molar refractivity (Wildman–Crippen MR) is 450 cm³/mol. The predicted octanol–water partition coefficient (Wildman–Crippen LogP) is 14.4. The molecule has 0 aliphatic carbocycles. The zero-order chi connectivity index (χ0) is 74.4. The zero-order valence-electron chi connectivity index (χ0n) is 58.6. The number of thiophene rings is 5. The summed E-state index contributed by atoms with van der Waals surface area (Å²) in [6, 6.07) is 30.8. The molecule has 0 bridgehead atoms. The number of morpholine rings is 5. The minimum atomic E-state index is 0.289. The molecule has 109 heavy (non-hydrogen) atoms. The van der Waals surface area contributed by atoms with Crippen LogP contribution in [0.5, 0.6) is 0 Å². The van der Waals surface area contributed by atoms with E-state index in [-0.39, 0.29) is 5.28 Å². The number of ether oxygens (including phenoxy) is 5. The van der Waals surface area contributed by atoms with E-state index in [1.54, 1.807) is 100 Å². The van der Waals surface area contributed by atoms with Crippen molar-refractivity contribution in [1.29, 1.82) is 0 Å². The molecule has 0 atom stereocenters. The van der Waals surface area contributed by atoms with Gasteiger partial charge in [-0.05, 0) is 159 Å². The first kappa shape index (κ1) is 75.9.